The lowest BCUT2D eigenvalue weighted by Crippen LogP contribution is -2.19. The van der Waals surface area contributed by atoms with Gasteiger partial charge in [-0.05, 0) is 19.1 Å². The third kappa shape index (κ3) is 3.01. The van der Waals surface area contributed by atoms with Gasteiger partial charge >= 0.3 is 0 Å². The van der Waals surface area contributed by atoms with E-state index < -0.39 is 0 Å². The summed E-state index contributed by atoms with van der Waals surface area (Å²) in [5, 5.41) is 16.4. The van der Waals surface area contributed by atoms with Crippen LogP contribution in [-0.4, -0.2) is 28.1 Å². The van der Waals surface area contributed by atoms with E-state index in [9.17, 15) is 4.79 Å². The SMILES string of the molecule is CNC(=O)c1ccc(NCc2csc(C)n2)nn1. The van der Waals surface area contributed by atoms with E-state index in [2.05, 4.69) is 25.8 Å². The van der Waals surface area contributed by atoms with E-state index >= 15 is 0 Å². The molecule has 0 radical (unpaired) electrons. The quantitative estimate of drug-likeness (QED) is 0.866. The Balaban J connectivity index is 1.96. The number of hydrogen-bond donors (Lipinski definition) is 2. The van der Waals surface area contributed by atoms with Gasteiger partial charge in [0.25, 0.3) is 5.91 Å². The Kier molecular flexibility index (Phi) is 3.83. The zero-order chi connectivity index (χ0) is 13.0. The first-order chi connectivity index (χ1) is 8.69. The Hall–Kier alpha value is -2.02. The van der Waals surface area contributed by atoms with Crippen LogP contribution in [0.25, 0.3) is 0 Å². The van der Waals surface area contributed by atoms with Crippen LogP contribution < -0.4 is 10.6 Å². The summed E-state index contributed by atoms with van der Waals surface area (Å²) in [6.07, 6.45) is 0. The average molecular weight is 263 g/mol. The van der Waals surface area contributed by atoms with Crippen LogP contribution in [-0.2, 0) is 6.54 Å². The Labute approximate surface area is 108 Å². The van der Waals surface area contributed by atoms with Crippen molar-refractivity contribution in [2.24, 2.45) is 0 Å². The van der Waals surface area contributed by atoms with E-state index in [0.717, 1.165) is 10.7 Å². The van der Waals surface area contributed by atoms with Crippen molar-refractivity contribution in [2.75, 3.05) is 12.4 Å². The van der Waals surface area contributed by atoms with Gasteiger partial charge in [-0.1, -0.05) is 0 Å². The standard InChI is InChI=1S/C11H13N5OS/c1-7-14-8(6-18-7)5-13-10-4-3-9(15-16-10)11(17)12-2/h3-4,6H,5H2,1-2H3,(H,12,17)(H,13,16). The Morgan fingerprint density at radius 3 is 2.78 bits per heavy atom. The highest BCUT2D eigenvalue weighted by Crippen LogP contribution is 2.10. The molecule has 0 bridgehead atoms. The molecule has 2 N–H and O–H groups in total. The number of rotatable bonds is 4. The monoisotopic (exact) mass is 263 g/mol. The van der Waals surface area contributed by atoms with E-state index in [1.165, 1.54) is 0 Å². The fourth-order valence-corrected chi connectivity index (χ4v) is 1.96. The first-order valence-electron chi connectivity index (χ1n) is 5.39. The molecule has 0 saturated carbocycles. The van der Waals surface area contributed by atoms with Crippen molar-refractivity contribution in [2.45, 2.75) is 13.5 Å². The number of anilines is 1. The third-order valence-corrected chi connectivity index (χ3v) is 3.06. The fraction of sp³-hybridized carbons (Fsp3) is 0.273. The third-order valence-electron chi connectivity index (χ3n) is 2.24. The number of aromatic nitrogens is 3. The molecule has 0 aliphatic carbocycles. The molecule has 94 valence electrons. The van der Waals surface area contributed by atoms with E-state index in [-0.39, 0.29) is 5.91 Å². The normalized spacial score (nSPS) is 10.1. The lowest BCUT2D eigenvalue weighted by Gasteiger charge is -2.03. The maximum atomic E-state index is 11.3. The molecule has 0 spiro atoms. The molecule has 18 heavy (non-hydrogen) atoms. The number of carbonyl (C=O) groups excluding carboxylic acids is 1. The highest BCUT2D eigenvalue weighted by Gasteiger charge is 2.05. The van der Waals surface area contributed by atoms with E-state index in [4.69, 9.17) is 0 Å². The molecule has 0 aliphatic rings. The summed E-state index contributed by atoms with van der Waals surface area (Å²) in [7, 11) is 1.56. The first kappa shape index (κ1) is 12.4. The Bertz CT molecular complexity index is 537. The van der Waals surface area contributed by atoms with Gasteiger partial charge in [0.15, 0.2) is 5.69 Å². The van der Waals surface area contributed by atoms with Gasteiger partial charge in [-0.25, -0.2) is 4.98 Å². The van der Waals surface area contributed by atoms with Gasteiger partial charge in [0.05, 0.1) is 17.2 Å². The minimum absolute atomic E-state index is 0.246. The van der Waals surface area contributed by atoms with Crippen LogP contribution in [0, 0.1) is 6.92 Å². The topological polar surface area (TPSA) is 79.8 Å². The number of hydrogen-bond acceptors (Lipinski definition) is 6. The van der Waals surface area contributed by atoms with Gasteiger partial charge in [0.2, 0.25) is 0 Å². The molecule has 7 heteroatoms. The maximum Gasteiger partial charge on any atom is 0.271 e. The highest BCUT2D eigenvalue weighted by molar-refractivity contribution is 7.09. The van der Waals surface area contributed by atoms with E-state index in [1.54, 1.807) is 30.5 Å². The van der Waals surface area contributed by atoms with Crippen molar-refractivity contribution in [1.29, 1.82) is 0 Å². The van der Waals surface area contributed by atoms with Crippen LogP contribution in [0.5, 0.6) is 0 Å². The van der Waals surface area contributed by atoms with Gasteiger partial charge < -0.3 is 10.6 Å². The average Bonchev–Trinajstić information content (AvgIpc) is 2.82. The molecule has 6 nitrogen and oxygen atoms in total. The zero-order valence-electron chi connectivity index (χ0n) is 10.1. The minimum atomic E-state index is -0.246. The minimum Gasteiger partial charge on any atom is -0.363 e. The summed E-state index contributed by atoms with van der Waals surface area (Å²) in [5.74, 6) is 0.373. The van der Waals surface area contributed by atoms with Crippen molar-refractivity contribution < 1.29 is 4.79 Å². The fourth-order valence-electron chi connectivity index (χ4n) is 1.35. The summed E-state index contributed by atoms with van der Waals surface area (Å²) in [6.45, 7) is 2.56. The number of nitrogens with zero attached hydrogens (tertiary/aromatic N) is 3. The molecule has 2 heterocycles. The van der Waals surface area contributed by atoms with Crippen LogP contribution in [0.3, 0.4) is 0 Å². The molecule has 0 saturated heterocycles. The molecular formula is C11H13N5OS. The second-order valence-corrected chi connectivity index (χ2v) is 4.66. The van der Waals surface area contributed by atoms with E-state index in [0.29, 0.717) is 18.1 Å². The molecule has 2 aromatic heterocycles. The second kappa shape index (κ2) is 5.54. The van der Waals surface area contributed by atoms with Gasteiger partial charge in [-0.2, -0.15) is 0 Å². The predicted molar refractivity (Wildman–Crippen MR) is 69.6 cm³/mol. The molecule has 2 aromatic rings. The summed E-state index contributed by atoms with van der Waals surface area (Å²) in [5.41, 5.74) is 1.27. The van der Waals surface area contributed by atoms with Crippen LogP contribution in [0.4, 0.5) is 5.82 Å². The first-order valence-corrected chi connectivity index (χ1v) is 6.27. The van der Waals surface area contributed by atoms with Crippen molar-refractivity contribution >= 4 is 23.1 Å². The molecule has 1 amide bonds. The number of nitrogens with one attached hydrogen (secondary N) is 2. The van der Waals surface area contributed by atoms with Gasteiger partial charge in [-0.15, -0.1) is 21.5 Å². The smallest absolute Gasteiger partial charge is 0.271 e. The summed E-state index contributed by atoms with van der Waals surface area (Å²) >= 11 is 1.61. The van der Waals surface area contributed by atoms with Gasteiger partial charge in [0, 0.05) is 12.4 Å². The van der Waals surface area contributed by atoms with Crippen molar-refractivity contribution in [3.05, 3.63) is 33.9 Å². The lowest BCUT2D eigenvalue weighted by atomic mass is 10.3. The van der Waals surface area contributed by atoms with Gasteiger partial charge in [0.1, 0.15) is 5.82 Å². The number of amides is 1. The predicted octanol–water partition coefficient (Wildman–Crippen LogP) is 1.21. The lowest BCUT2D eigenvalue weighted by molar-refractivity contribution is 0.0957. The maximum absolute atomic E-state index is 11.3. The molecule has 2 rings (SSSR count). The van der Waals surface area contributed by atoms with Crippen LogP contribution in [0.2, 0.25) is 0 Å². The summed E-state index contributed by atoms with van der Waals surface area (Å²) < 4.78 is 0. The molecular weight excluding hydrogens is 250 g/mol. The molecule has 0 aromatic carbocycles. The van der Waals surface area contributed by atoms with E-state index in [1.807, 2.05) is 12.3 Å². The van der Waals surface area contributed by atoms with Crippen molar-refractivity contribution in [3.63, 3.8) is 0 Å². The molecule has 0 fully saturated rings. The number of aryl methyl sites for hydroxylation is 1. The van der Waals surface area contributed by atoms with Crippen LogP contribution in [0.15, 0.2) is 17.5 Å². The Morgan fingerprint density at radius 2 is 2.22 bits per heavy atom. The van der Waals surface area contributed by atoms with Crippen molar-refractivity contribution in [1.82, 2.24) is 20.5 Å². The Morgan fingerprint density at radius 1 is 1.39 bits per heavy atom. The highest BCUT2D eigenvalue weighted by atomic mass is 32.1. The van der Waals surface area contributed by atoms with Gasteiger partial charge in [-0.3, -0.25) is 4.79 Å². The summed E-state index contributed by atoms with van der Waals surface area (Å²) in [4.78, 5) is 15.6. The van der Waals surface area contributed by atoms with Crippen LogP contribution >= 0.6 is 11.3 Å². The molecule has 0 unspecified atom stereocenters. The number of carbonyl (C=O) groups is 1. The summed E-state index contributed by atoms with van der Waals surface area (Å²) in [6, 6.07) is 3.34. The van der Waals surface area contributed by atoms with Crippen LogP contribution in [0.1, 0.15) is 21.2 Å². The number of thiazole rings is 1. The zero-order valence-corrected chi connectivity index (χ0v) is 10.9. The molecule has 0 atom stereocenters. The largest absolute Gasteiger partial charge is 0.363 e. The second-order valence-electron chi connectivity index (χ2n) is 3.59. The van der Waals surface area contributed by atoms with Crippen molar-refractivity contribution in [3.8, 4) is 0 Å². The molecule has 0 aliphatic heterocycles.